The number of ether oxygens (including phenoxy) is 1. The average molecular weight is 460 g/mol. The Balaban J connectivity index is 1.68. The number of likely N-dealkylation sites (tertiary alicyclic amines) is 1. The molecule has 1 saturated heterocycles. The van der Waals surface area contributed by atoms with Crippen molar-refractivity contribution in [3.63, 3.8) is 0 Å². The fourth-order valence-electron chi connectivity index (χ4n) is 3.64. The van der Waals surface area contributed by atoms with Gasteiger partial charge >= 0.3 is 0 Å². The Hall–Kier alpha value is -3.07. The molecule has 9 heteroatoms. The van der Waals surface area contributed by atoms with Crippen LogP contribution in [0.5, 0.6) is 5.75 Å². The second-order valence-electron chi connectivity index (χ2n) is 7.66. The number of nitrogens with zero attached hydrogens (tertiary/aromatic N) is 2. The first-order chi connectivity index (χ1) is 15.3. The molecule has 0 aliphatic carbocycles. The van der Waals surface area contributed by atoms with Crippen molar-refractivity contribution in [2.75, 3.05) is 30.3 Å². The lowest BCUT2D eigenvalue weighted by Gasteiger charge is -2.23. The summed E-state index contributed by atoms with van der Waals surface area (Å²) in [6.07, 6.45) is 2.50. The van der Waals surface area contributed by atoms with Gasteiger partial charge in [0.15, 0.2) is 0 Å². The molecule has 0 aromatic heterocycles. The minimum absolute atomic E-state index is 0.141. The lowest BCUT2D eigenvalue weighted by molar-refractivity contribution is -0.128. The quantitative estimate of drug-likeness (QED) is 0.588. The topological polar surface area (TPSA) is 96.0 Å². The van der Waals surface area contributed by atoms with Crippen LogP contribution in [-0.2, 0) is 32.7 Å². The molecule has 0 saturated carbocycles. The van der Waals surface area contributed by atoms with Crippen LogP contribution >= 0.6 is 0 Å². The highest BCUT2D eigenvalue weighted by Gasteiger charge is 2.23. The van der Waals surface area contributed by atoms with Crippen LogP contribution < -0.4 is 14.4 Å². The molecule has 0 radical (unpaired) electrons. The Morgan fingerprint density at radius 2 is 1.91 bits per heavy atom. The van der Waals surface area contributed by atoms with Crippen LogP contribution in [0.15, 0.2) is 48.5 Å². The van der Waals surface area contributed by atoms with Gasteiger partial charge in [0.1, 0.15) is 12.3 Å². The number of carbonyl (C=O) groups excluding carboxylic acids is 2. The fraction of sp³-hybridized carbons (Fsp3) is 0.391. The zero-order valence-corrected chi connectivity index (χ0v) is 19.2. The molecule has 2 amide bonds. The van der Waals surface area contributed by atoms with E-state index in [0.717, 1.165) is 34.7 Å². The number of benzene rings is 2. The van der Waals surface area contributed by atoms with Crippen LogP contribution in [0.25, 0.3) is 0 Å². The van der Waals surface area contributed by atoms with E-state index in [1.807, 2.05) is 36.1 Å². The minimum Gasteiger partial charge on any atom is -0.494 e. The van der Waals surface area contributed by atoms with E-state index in [9.17, 15) is 18.0 Å². The molecule has 3 rings (SSSR count). The van der Waals surface area contributed by atoms with E-state index in [1.165, 1.54) is 0 Å². The first-order valence-corrected chi connectivity index (χ1v) is 12.4. The summed E-state index contributed by atoms with van der Waals surface area (Å²) in [5.74, 6) is 0.246. The van der Waals surface area contributed by atoms with Crippen molar-refractivity contribution >= 4 is 27.5 Å². The van der Waals surface area contributed by atoms with E-state index >= 15 is 0 Å². The van der Waals surface area contributed by atoms with Gasteiger partial charge in [0.25, 0.3) is 0 Å². The van der Waals surface area contributed by atoms with E-state index in [-0.39, 0.29) is 19.0 Å². The van der Waals surface area contributed by atoms with Gasteiger partial charge in [-0.15, -0.1) is 0 Å². The molecule has 8 nitrogen and oxygen atoms in total. The summed E-state index contributed by atoms with van der Waals surface area (Å²) in [5.41, 5.74) is 2.22. The van der Waals surface area contributed by atoms with Gasteiger partial charge in [0.05, 0.1) is 18.6 Å². The highest BCUT2D eigenvalue weighted by molar-refractivity contribution is 7.92. The van der Waals surface area contributed by atoms with E-state index in [1.54, 1.807) is 24.3 Å². The van der Waals surface area contributed by atoms with Crippen LogP contribution in [0, 0.1) is 0 Å². The number of rotatable bonds is 10. The second-order valence-corrected chi connectivity index (χ2v) is 9.57. The lowest BCUT2D eigenvalue weighted by atomic mass is 10.1. The summed E-state index contributed by atoms with van der Waals surface area (Å²) in [5, 5.41) is 2.81. The summed E-state index contributed by atoms with van der Waals surface area (Å²) in [4.78, 5) is 26.4. The predicted molar refractivity (Wildman–Crippen MR) is 123 cm³/mol. The fourth-order valence-corrected chi connectivity index (χ4v) is 4.48. The van der Waals surface area contributed by atoms with Crippen molar-refractivity contribution in [3.05, 3.63) is 59.7 Å². The van der Waals surface area contributed by atoms with Gasteiger partial charge in [-0.1, -0.05) is 30.3 Å². The smallest absolute Gasteiger partial charge is 0.241 e. The molecular weight excluding hydrogens is 430 g/mol. The zero-order chi connectivity index (χ0) is 23.1. The number of nitrogens with one attached hydrogen (secondary N) is 1. The van der Waals surface area contributed by atoms with Crippen LogP contribution in [0.3, 0.4) is 0 Å². The molecule has 2 aromatic rings. The third-order valence-corrected chi connectivity index (χ3v) is 6.37. The molecular formula is C23H29N3O5S. The largest absolute Gasteiger partial charge is 0.494 e. The summed E-state index contributed by atoms with van der Waals surface area (Å²) >= 11 is 0. The number of anilines is 1. The highest BCUT2D eigenvalue weighted by Crippen LogP contribution is 2.23. The van der Waals surface area contributed by atoms with Gasteiger partial charge in [0.2, 0.25) is 21.8 Å². The number of hydrogen-bond donors (Lipinski definition) is 1. The number of hydrogen-bond acceptors (Lipinski definition) is 5. The van der Waals surface area contributed by atoms with Gasteiger partial charge in [-0.2, -0.15) is 0 Å². The van der Waals surface area contributed by atoms with Crippen LogP contribution in [0.1, 0.15) is 30.9 Å². The Bertz CT molecular complexity index is 1070. The summed E-state index contributed by atoms with van der Waals surface area (Å²) in [6, 6.07) is 14.3. The van der Waals surface area contributed by atoms with Crippen molar-refractivity contribution in [1.29, 1.82) is 0 Å². The van der Waals surface area contributed by atoms with E-state index in [4.69, 9.17) is 4.74 Å². The third-order valence-electron chi connectivity index (χ3n) is 5.23. The van der Waals surface area contributed by atoms with Gasteiger partial charge in [-0.05, 0) is 36.6 Å². The molecule has 0 atom stereocenters. The normalized spacial score (nSPS) is 13.8. The molecule has 32 heavy (non-hydrogen) atoms. The van der Waals surface area contributed by atoms with Crippen molar-refractivity contribution in [2.24, 2.45) is 0 Å². The molecule has 1 heterocycles. The molecule has 2 aromatic carbocycles. The standard InChI is InChI=1S/C23H29N3O5S/c1-3-31-21-11-6-10-20(14-21)26(32(2,29)30)17-22(27)24-15-18-8-4-5-9-19(18)16-25-13-7-12-23(25)28/h4-6,8-11,14H,3,7,12-13,15-17H2,1-2H3,(H,24,27). The summed E-state index contributed by atoms with van der Waals surface area (Å²) in [7, 11) is -3.68. The molecule has 0 unspecified atom stereocenters. The molecule has 1 fully saturated rings. The van der Waals surface area contributed by atoms with Crippen molar-refractivity contribution in [2.45, 2.75) is 32.9 Å². The maximum atomic E-state index is 12.7. The first-order valence-electron chi connectivity index (χ1n) is 10.6. The Labute approximate surface area is 189 Å². The molecule has 0 spiro atoms. The molecule has 1 aliphatic rings. The van der Waals surface area contributed by atoms with Gasteiger partial charge < -0.3 is 15.0 Å². The zero-order valence-electron chi connectivity index (χ0n) is 18.4. The lowest BCUT2D eigenvalue weighted by Crippen LogP contribution is -2.40. The van der Waals surface area contributed by atoms with Gasteiger partial charge in [0, 0.05) is 32.1 Å². The number of sulfonamides is 1. The Morgan fingerprint density at radius 3 is 2.56 bits per heavy atom. The molecule has 172 valence electrons. The third kappa shape index (κ3) is 6.23. The van der Waals surface area contributed by atoms with Crippen molar-refractivity contribution < 1.29 is 22.7 Å². The first kappa shape index (κ1) is 23.6. The van der Waals surface area contributed by atoms with Gasteiger partial charge in [-0.25, -0.2) is 8.42 Å². The van der Waals surface area contributed by atoms with Crippen molar-refractivity contribution in [3.8, 4) is 5.75 Å². The van der Waals surface area contributed by atoms with Crippen molar-refractivity contribution in [1.82, 2.24) is 10.2 Å². The minimum atomic E-state index is -3.68. The SMILES string of the molecule is CCOc1cccc(N(CC(=O)NCc2ccccc2CN2CCCC2=O)S(C)(=O)=O)c1. The predicted octanol–water partition coefficient (Wildman–Crippen LogP) is 2.29. The number of amides is 2. The monoisotopic (exact) mass is 459 g/mol. The molecule has 1 N–H and O–H groups in total. The Kier molecular flexibility index (Phi) is 7.74. The highest BCUT2D eigenvalue weighted by atomic mass is 32.2. The number of carbonyl (C=O) groups is 2. The van der Waals surface area contributed by atoms with E-state index in [2.05, 4.69) is 5.32 Å². The van der Waals surface area contributed by atoms with Crippen LogP contribution in [-0.4, -0.2) is 51.1 Å². The molecule has 0 bridgehead atoms. The maximum absolute atomic E-state index is 12.7. The summed E-state index contributed by atoms with van der Waals surface area (Å²) in [6.45, 7) is 3.43. The van der Waals surface area contributed by atoms with E-state index < -0.39 is 15.9 Å². The Morgan fingerprint density at radius 1 is 1.16 bits per heavy atom. The van der Waals surface area contributed by atoms with Gasteiger partial charge in [-0.3, -0.25) is 13.9 Å². The van der Waals surface area contributed by atoms with Crippen LogP contribution in [0.2, 0.25) is 0 Å². The maximum Gasteiger partial charge on any atom is 0.241 e. The molecule has 1 aliphatic heterocycles. The van der Waals surface area contributed by atoms with E-state index in [0.29, 0.717) is 31.0 Å². The average Bonchev–Trinajstić information content (AvgIpc) is 3.15. The summed E-state index contributed by atoms with van der Waals surface area (Å²) < 4.78 is 31.2. The second kappa shape index (κ2) is 10.5. The van der Waals surface area contributed by atoms with Crippen LogP contribution in [0.4, 0.5) is 5.69 Å².